The number of halogens is 3. The fourth-order valence-corrected chi connectivity index (χ4v) is 31.2. The van der Waals surface area contributed by atoms with Crippen LogP contribution in [0.2, 0.25) is 15.1 Å². The van der Waals surface area contributed by atoms with Crippen molar-refractivity contribution in [3.8, 4) is 59.2 Å². The molecule has 0 spiro atoms. The van der Waals surface area contributed by atoms with Gasteiger partial charge >= 0.3 is 29.8 Å². The summed E-state index contributed by atoms with van der Waals surface area (Å²) in [7, 11) is -9.98. The highest BCUT2D eigenvalue weighted by Crippen LogP contribution is 2.60. The van der Waals surface area contributed by atoms with Crippen molar-refractivity contribution < 1.29 is 72.3 Å². The molecule has 1 fully saturated rings. The zero-order valence-electron chi connectivity index (χ0n) is 84.5. The molecule has 20 nitrogen and oxygen atoms in total. The first-order valence-corrected chi connectivity index (χ1v) is 60.0. The second-order valence-electron chi connectivity index (χ2n) is 40.1. The van der Waals surface area contributed by atoms with Gasteiger partial charge in [0.2, 0.25) is 0 Å². The summed E-state index contributed by atoms with van der Waals surface area (Å²) in [5.41, 5.74) is 5.37. The van der Waals surface area contributed by atoms with E-state index in [0.717, 1.165) is 110 Å². The van der Waals surface area contributed by atoms with Crippen LogP contribution < -0.4 is 44.6 Å². The Kier molecular flexibility index (Phi) is 40.2. The maximum Gasteiger partial charge on any atom is 0.348 e. The lowest BCUT2D eigenvalue weighted by Gasteiger charge is -2.36. The SMILES string of the molecule is CC1CCC(P(C)(=O)N(C)c2cc(C#CC(C)(C)C)sc2C(=O)O)CC1.CN(c1cc(C#CC(C)(C)C)sc1C(=O)O)P(C)(=O)c1ccc(Cl)cc1Cl.Cc1cc(Cl)ccc1P(C)(=O)N(C)c1cc(C#CC(C)(C)C)sc1C(=O)O.Cc1ccc(P(C)(=O)N(c2cc(C#CC(C)(C)C)sc2C(=O)O)C(C)C)c(C)c1.Cc1ccc(P(C)(=O)N(c2cc(C#CC(C)(C)C)sc2C(=O)O)C(C)C)cc1. The summed E-state index contributed by atoms with van der Waals surface area (Å²) in [6, 6.07) is 31.7. The maximum absolute atomic E-state index is 14.1. The van der Waals surface area contributed by atoms with Crippen LogP contribution >= 0.6 is 128 Å². The second-order valence-corrected chi connectivity index (χ2v) is 60.9. The molecule has 5 unspecified atom stereocenters. The van der Waals surface area contributed by atoms with E-state index in [9.17, 15) is 72.3 Å². The normalized spacial score (nSPS) is 15.3. The van der Waals surface area contributed by atoms with E-state index in [2.05, 4.69) is 66.1 Å². The van der Waals surface area contributed by atoms with Gasteiger partial charge in [0.1, 0.15) is 24.4 Å². The molecule has 1 saturated carbocycles. The molecule has 5 atom stereocenters. The first kappa shape index (κ1) is 117. The number of benzene rings is 4. The van der Waals surface area contributed by atoms with Gasteiger partial charge in [-0.25, -0.2) is 24.0 Å². The Bertz CT molecular complexity index is 6440. The van der Waals surface area contributed by atoms with E-state index in [-0.39, 0.29) is 74.2 Å². The Labute approximate surface area is 847 Å². The number of thiophene rings is 5. The molecule has 137 heavy (non-hydrogen) atoms. The molecule has 33 heteroatoms. The van der Waals surface area contributed by atoms with Crippen molar-refractivity contribution in [2.45, 2.75) is 210 Å². The third-order valence-electron chi connectivity index (χ3n) is 21.4. The molecule has 1 aliphatic rings. The Hall–Kier alpha value is -8.45. The van der Waals surface area contributed by atoms with Crippen LogP contribution in [0.4, 0.5) is 28.4 Å². The Morgan fingerprint density at radius 1 is 0.358 bits per heavy atom. The second kappa shape index (κ2) is 47.0. The predicted molar refractivity (Wildman–Crippen MR) is 586 cm³/mol. The largest absolute Gasteiger partial charge is 0.477 e. The third kappa shape index (κ3) is 32.5. The van der Waals surface area contributed by atoms with E-state index >= 15 is 0 Å². The first-order valence-electron chi connectivity index (χ1n) is 44.2. The minimum absolute atomic E-state index is 0.0860. The number of rotatable bonds is 22. The summed E-state index contributed by atoms with van der Waals surface area (Å²) < 4.78 is 77.0. The van der Waals surface area contributed by atoms with Gasteiger partial charge in [-0.05, 0) is 287 Å². The zero-order valence-corrected chi connectivity index (χ0v) is 95.3. The van der Waals surface area contributed by atoms with Crippen molar-refractivity contribution in [3.63, 3.8) is 0 Å². The standard InChI is InChI=1S/C23H30NO3PS.C22H28NO3PS.C20H23ClNO3PS.C20H30NO3PS.C19H20Cl2NO3PS/c1-15(2)24(28(8,27)20-10-9-16(3)13-17(20)4)19-14-18(11-12-23(5,6)7)29-21(19)22(25)26;1-15(2)23(27(7,26)17-10-8-16(3)9-11-17)19-14-18(12-13-22(4,5)6)28-20(19)21(24)25;1-13-11-14(21)7-8-17(13)26(6,25)22(5)16-12-15(9-10-20(2,3)4)27-18(16)19(23)24;1-14-7-9-15(10-8-14)25(6,24)21(5)17-13-16(11-12-20(2,3)4)26-18(17)19(22)23;1-19(2,3)9-8-13-11-15(17(27-13)18(23)24)22(4)26(5,25)16-7-6-12(20)10-14(16)21/h9-10,13-15H,1-8H3,(H,25,26);8-11,14-15H,1-7H3,(H,24,25);7-8,11-12H,1-6H3,(H,23,24);13-15H,7-10H2,1-6H3,(H,22,23);6-7,10-11H,1-5H3,(H,23,24). The molecule has 5 N–H and O–H groups in total. The molecule has 738 valence electrons. The molecule has 5 aromatic heterocycles. The Morgan fingerprint density at radius 2 is 0.628 bits per heavy atom. The van der Waals surface area contributed by atoms with Gasteiger partial charge in [-0.1, -0.05) is 136 Å². The number of nitrogens with zero attached hydrogens (tertiary/aromatic N) is 5. The summed E-state index contributed by atoms with van der Waals surface area (Å²) in [5, 5.41) is 52.2. The summed E-state index contributed by atoms with van der Waals surface area (Å²) in [6.45, 7) is 56.1. The van der Waals surface area contributed by atoms with Gasteiger partial charge < -0.3 is 53.4 Å². The summed E-state index contributed by atoms with van der Waals surface area (Å²) in [5.74, 6) is 26.4. The number of anilines is 5. The first-order chi connectivity index (χ1) is 62.6. The van der Waals surface area contributed by atoms with Gasteiger partial charge in [-0.3, -0.25) is 18.3 Å². The quantitative estimate of drug-likeness (QED) is 0.0311. The fraction of sp³-hybridized carbons (Fsp3) is 0.433. The molecule has 9 aromatic rings. The smallest absolute Gasteiger partial charge is 0.348 e. The molecule has 4 aromatic carbocycles. The van der Waals surface area contributed by atoms with Crippen LogP contribution in [0.15, 0.2) is 109 Å². The van der Waals surface area contributed by atoms with Crippen LogP contribution in [0, 0.1) is 120 Å². The minimum Gasteiger partial charge on any atom is -0.477 e. The van der Waals surface area contributed by atoms with Crippen LogP contribution in [0.1, 0.15) is 259 Å². The molecule has 10 rings (SSSR count). The molecule has 0 aliphatic heterocycles. The number of carboxylic acid groups (broad SMARTS) is 5. The van der Waals surface area contributed by atoms with Crippen LogP contribution in [0.25, 0.3) is 0 Å². The molecule has 1 aliphatic carbocycles. The number of hydrogen-bond donors (Lipinski definition) is 5. The fourth-order valence-electron chi connectivity index (χ4n) is 14.3. The third-order valence-corrected chi connectivity index (χ3v) is 41.7. The number of aromatic carboxylic acids is 5. The lowest BCUT2D eigenvalue weighted by Crippen LogP contribution is -2.33. The van der Waals surface area contributed by atoms with E-state index in [4.69, 9.17) is 34.8 Å². The highest BCUT2D eigenvalue weighted by atomic mass is 35.5. The van der Waals surface area contributed by atoms with Gasteiger partial charge in [0, 0.05) is 131 Å². The topological polar surface area (TPSA) is 288 Å². The average Bonchev–Trinajstić information content (AvgIpc) is 1.70. The van der Waals surface area contributed by atoms with Crippen LogP contribution in [-0.4, -0.2) is 128 Å². The molecule has 0 bridgehead atoms. The van der Waals surface area contributed by atoms with E-state index in [1.165, 1.54) is 10.7 Å². The van der Waals surface area contributed by atoms with Gasteiger partial charge in [0.05, 0.1) is 57.8 Å². The molecule has 0 radical (unpaired) electrons. The van der Waals surface area contributed by atoms with E-state index in [1.54, 1.807) is 134 Å². The summed E-state index contributed by atoms with van der Waals surface area (Å²) in [4.78, 5) is 63.1. The van der Waals surface area contributed by atoms with Crippen molar-refractivity contribution in [2.24, 2.45) is 33.0 Å². The van der Waals surface area contributed by atoms with Crippen molar-refractivity contribution in [1.82, 2.24) is 0 Å². The zero-order chi connectivity index (χ0) is 104. The van der Waals surface area contributed by atoms with Crippen molar-refractivity contribution in [3.05, 3.63) is 195 Å². The van der Waals surface area contributed by atoms with Gasteiger partial charge in [-0.2, -0.15) is 0 Å². The number of carbonyl (C=O) groups is 5. The van der Waals surface area contributed by atoms with Crippen molar-refractivity contribution >= 4 is 207 Å². The minimum atomic E-state index is -3.18. The number of carboxylic acids is 5. The van der Waals surface area contributed by atoms with Crippen LogP contribution in [0.5, 0.6) is 0 Å². The molecular formula is C104H131Cl3N5O15P5S5. The van der Waals surface area contributed by atoms with Crippen molar-refractivity contribution in [2.75, 3.05) is 77.8 Å². The Morgan fingerprint density at radius 3 is 0.934 bits per heavy atom. The highest BCUT2D eigenvalue weighted by molar-refractivity contribution is 7.73. The Balaban J connectivity index is 0.000000263. The van der Waals surface area contributed by atoms with Gasteiger partial charge in [-0.15, -0.1) is 56.7 Å². The van der Waals surface area contributed by atoms with Gasteiger partial charge in [0.15, 0.2) is 36.5 Å². The monoisotopic (exact) mass is 2110 g/mol. The summed E-state index contributed by atoms with van der Waals surface area (Å²) in [6.07, 6.45) is 4.08. The molecular weight excluding hydrogens is 1980 g/mol. The van der Waals surface area contributed by atoms with E-state index < -0.39 is 66.3 Å². The maximum atomic E-state index is 14.1. The molecule has 0 amide bonds. The van der Waals surface area contributed by atoms with E-state index in [1.807, 2.05) is 202 Å². The van der Waals surface area contributed by atoms with Crippen LogP contribution in [0.3, 0.4) is 0 Å². The lowest BCUT2D eigenvalue weighted by molar-refractivity contribution is 0.0692. The van der Waals surface area contributed by atoms with Crippen LogP contribution in [-0.2, 0) is 22.8 Å². The van der Waals surface area contributed by atoms with Gasteiger partial charge in [0.25, 0.3) is 0 Å². The highest BCUT2D eigenvalue weighted by Gasteiger charge is 2.41. The molecule has 0 saturated heterocycles. The summed E-state index contributed by atoms with van der Waals surface area (Å²) >= 11 is 23.8. The van der Waals surface area contributed by atoms with Crippen molar-refractivity contribution in [1.29, 1.82) is 0 Å². The lowest BCUT2D eigenvalue weighted by atomic mass is 9.91. The number of aryl methyl sites for hydroxylation is 4. The average molecular weight is 2110 g/mol. The number of hydrogen-bond acceptors (Lipinski definition) is 15. The van der Waals surface area contributed by atoms with E-state index in [0.29, 0.717) is 84.7 Å². The predicted octanol–water partition coefficient (Wildman–Crippen LogP) is 28.6. The molecule has 5 heterocycles.